The van der Waals surface area contributed by atoms with Gasteiger partial charge in [0.15, 0.2) is 0 Å². The average molecular weight is 409 g/mol. The molecule has 1 aromatic heterocycles. The molecule has 2 saturated heterocycles. The maximum absolute atomic E-state index is 12.5. The van der Waals surface area contributed by atoms with Gasteiger partial charge in [0.25, 0.3) is 0 Å². The number of primary amides is 1. The Morgan fingerprint density at radius 1 is 1.00 bits per heavy atom. The molecule has 30 heavy (non-hydrogen) atoms. The van der Waals surface area contributed by atoms with E-state index in [0.717, 1.165) is 74.8 Å². The topological polar surface area (TPSA) is 78.6 Å². The molecular formula is C23H32N6O. The molecule has 7 nitrogen and oxygen atoms in total. The minimum absolute atomic E-state index is 0.181. The lowest BCUT2D eigenvalue weighted by Gasteiger charge is -2.48. The molecule has 2 N–H and O–H groups in total. The van der Waals surface area contributed by atoms with Gasteiger partial charge in [-0.25, -0.2) is 9.97 Å². The third kappa shape index (κ3) is 3.99. The summed E-state index contributed by atoms with van der Waals surface area (Å²) in [6, 6.07) is 10.3. The fourth-order valence-electron chi connectivity index (χ4n) is 4.71. The second-order valence-corrected chi connectivity index (χ2v) is 8.61. The van der Waals surface area contributed by atoms with Crippen molar-refractivity contribution in [1.29, 1.82) is 0 Å². The molecule has 7 heteroatoms. The van der Waals surface area contributed by atoms with Crippen LogP contribution in [-0.4, -0.2) is 66.6 Å². The molecule has 2 aliphatic rings. The molecule has 1 aromatic carbocycles. The van der Waals surface area contributed by atoms with E-state index in [4.69, 9.17) is 10.7 Å². The summed E-state index contributed by atoms with van der Waals surface area (Å²) in [4.78, 5) is 28.4. The highest BCUT2D eigenvalue weighted by Crippen LogP contribution is 2.33. The Bertz CT molecular complexity index is 868. The van der Waals surface area contributed by atoms with Gasteiger partial charge in [0.2, 0.25) is 11.9 Å². The maximum Gasteiger partial charge on any atom is 0.238 e. The van der Waals surface area contributed by atoms with Crippen molar-refractivity contribution in [3.8, 4) is 11.3 Å². The van der Waals surface area contributed by atoms with Crippen molar-refractivity contribution < 1.29 is 4.79 Å². The van der Waals surface area contributed by atoms with Gasteiger partial charge >= 0.3 is 0 Å². The Labute approximate surface area is 178 Å². The minimum Gasteiger partial charge on any atom is -0.378 e. The van der Waals surface area contributed by atoms with Crippen molar-refractivity contribution >= 4 is 17.5 Å². The molecule has 2 fully saturated rings. The highest BCUT2D eigenvalue weighted by molar-refractivity contribution is 5.85. The number of nitrogens with two attached hydrogens (primary N) is 1. The number of hydrogen-bond donors (Lipinski definition) is 1. The lowest BCUT2D eigenvalue weighted by atomic mass is 9.83. The number of carbonyl (C=O) groups excluding carboxylic acids is 1. The molecule has 0 unspecified atom stereocenters. The number of aromatic nitrogens is 2. The van der Waals surface area contributed by atoms with Crippen molar-refractivity contribution in [2.45, 2.75) is 37.6 Å². The Morgan fingerprint density at radius 2 is 1.67 bits per heavy atom. The number of carbonyl (C=O) groups is 1. The second-order valence-electron chi connectivity index (χ2n) is 8.61. The van der Waals surface area contributed by atoms with Crippen LogP contribution in [0.5, 0.6) is 0 Å². The van der Waals surface area contributed by atoms with Gasteiger partial charge in [-0.3, -0.25) is 9.69 Å². The molecule has 2 aromatic rings. The summed E-state index contributed by atoms with van der Waals surface area (Å²) in [5.41, 5.74) is 8.54. The van der Waals surface area contributed by atoms with Crippen LogP contribution >= 0.6 is 0 Å². The van der Waals surface area contributed by atoms with Gasteiger partial charge in [-0.1, -0.05) is 18.6 Å². The van der Waals surface area contributed by atoms with Crippen LogP contribution in [0.3, 0.4) is 0 Å². The summed E-state index contributed by atoms with van der Waals surface area (Å²) in [6.07, 6.45) is 6.82. The predicted molar refractivity (Wildman–Crippen MR) is 121 cm³/mol. The molecule has 0 saturated carbocycles. The maximum atomic E-state index is 12.5. The van der Waals surface area contributed by atoms with E-state index >= 15 is 0 Å². The molecule has 2 aliphatic heterocycles. The summed E-state index contributed by atoms with van der Waals surface area (Å²) in [7, 11) is 4.06. The monoisotopic (exact) mass is 408 g/mol. The number of likely N-dealkylation sites (tertiary alicyclic amines) is 1. The fourth-order valence-corrected chi connectivity index (χ4v) is 4.71. The first kappa shape index (κ1) is 20.6. The lowest BCUT2D eigenvalue weighted by Crippen LogP contribution is -2.63. The Kier molecular flexibility index (Phi) is 5.90. The van der Waals surface area contributed by atoms with Gasteiger partial charge < -0.3 is 15.5 Å². The van der Waals surface area contributed by atoms with Gasteiger partial charge in [-0.15, -0.1) is 0 Å². The molecule has 0 bridgehead atoms. The van der Waals surface area contributed by atoms with E-state index in [9.17, 15) is 4.79 Å². The molecule has 160 valence electrons. The van der Waals surface area contributed by atoms with E-state index in [2.05, 4.69) is 43.9 Å². The molecule has 0 aliphatic carbocycles. The molecule has 4 rings (SSSR count). The van der Waals surface area contributed by atoms with Gasteiger partial charge in [0.05, 0.1) is 5.69 Å². The molecule has 3 heterocycles. The Balaban J connectivity index is 1.49. The predicted octanol–water partition coefficient (Wildman–Crippen LogP) is 2.52. The zero-order chi connectivity index (χ0) is 21.1. The van der Waals surface area contributed by atoms with Gasteiger partial charge in [-0.05, 0) is 57.0 Å². The van der Waals surface area contributed by atoms with E-state index in [1.807, 2.05) is 26.4 Å². The average Bonchev–Trinajstić information content (AvgIpc) is 2.80. The van der Waals surface area contributed by atoms with Gasteiger partial charge in [0.1, 0.15) is 5.54 Å². The summed E-state index contributed by atoms with van der Waals surface area (Å²) in [5.74, 6) is 0.542. The SMILES string of the molecule is CN(C)c1ccc(-c2ccnc(N3CCC(C(N)=O)(N4CCCCC4)CC3)n2)cc1. The Morgan fingerprint density at radius 3 is 2.27 bits per heavy atom. The molecule has 0 atom stereocenters. The summed E-state index contributed by atoms with van der Waals surface area (Å²) < 4.78 is 0. The number of piperidine rings is 2. The van der Waals surface area contributed by atoms with Crippen LogP contribution < -0.4 is 15.5 Å². The summed E-state index contributed by atoms with van der Waals surface area (Å²) in [5, 5.41) is 0. The normalized spacial score (nSPS) is 19.5. The van der Waals surface area contributed by atoms with Crippen LogP contribution in [-0.2, 0) is 4.79 Å². The van der Waals surface area contributed by atoms with Crippen LogP contribution in [0.15, 0.2) is 36.5 Å². The van der Waals surface area contributed by atoms with E-state index < -0.39 is 5.54 Å². The number of amides is 1. The van der Waals surface area contributed by atoms with Crippen LogP contribution in [0.2, 0.25) is 0 Å². The van der Waals surface area contributed by atoms with Gasteiger partial charge in [0, 0.05) is 44.6 Å². The lowest BCUT2D eigenvalue weighted by molar-refractivity contribution is -0.132. The largest absolute Gasteiger partial charge is 0.378 e. The molecular weight excluding hydrogens is 376 g/mol. The summed E-state index contributed by atoms with van der Waals surface area (Å²) >= 11 is 0. The minimum atomic E-state index is -0.517. The standard InChI is InChI=1S/C23H32N6O/c1-27(2)19-8-6-18(7-9-19)20-10-13-25-22(26-20)28-16-11-23(12-17-28,21(24)30)29-14-4-3-5-15-29/h6-10,13H,3-5,11-12,14-17H2,1-2H3,(H2,24,30). The third-order valence-electron chi connectivity index (χ3n) is 6.62. The van der Waals surface area contributed by atoms with Crippen molar-refractivity contribution in [1.82, 2.24) is 14.9 Å². The fraction of sp³-hybridized carbons (Fsp3) is 0.522. The number of hydrogen-bond acceptors (Lipinski definition) is 6. The zero-order valence-corrected chi connectivity index (χ0v) is 18.0. The van der Waals surface area contributed by atoms with Crippen LogP contribution in [0.4, 0.5) is 11.6 Å². The number of benzene rings is 1. The van der Waals surface area contributed by atoms with E-state index in [0.29, 0.717) is 0 Å². The van der Waals surface area contributed by atoms with Crippen molar-refractivity contribution in [2.75, 3.05) is 50.1 Å². The first-order valence-corrected chi connectivity index (χ1v) is 10.9. The highest BCUT2D eigenvalue weighted by atomic mass is 16.1. The number of rotatable bonds is 5. The molecule has 0 spiro atoms. The second kappa shape index (κ2) is 8.60. The summed E-state index contributed by atoms with van der Waals surface area (Å²) in [6.45, 7) is 3.42. The van der Waals surface area contributed by atoms with E-state index in [1.54, 1.807) is 0 Å². The van der Waals surface area contributed by atoms with Crippen LogP contribution in [0.25, 0.3) is 11.3 Å². The highest BCUT2D eigenvalue weighted by Gasteiger charge is 2.45. The van der Waals surface area contributed by atoms with Crippen LogP contribution in [0.1, 0.15) is 32.1 Å². The van der Waals surface area contributed by atoms with Crippen molar-refractivity contribution in [2.24, 2.45) is 5.73 Å². The van der Waals surface area contributed by atoms with Gasteiger partial charge in [-0.2, -0.15) is 0 Å². The van der Waals surface area contributed by atoms with Crippen molar-refractivity contribution in [3.05, 3.63) is 36.5 Å². The zero-order valence-electron chi connectivity index (χ0n) is 18.0. The Hall–Kier alpha value is -2.67. The smallest absolute Gasteiger partial charge is 0.238 e. The van der Waals surface area contributed by atoms with E-state index in [-0.39, 0.29) is 5.91 Å². The third-order valence-corrected chi connectivity index (χ3v) is 6.62. The molecule has 0 radical (unpaired) electrons. The first-order valence-electron chi connectivity index (χ1n) is 10.9. The first-order chi connectivity index (χ1) is 14.5. The van der Waals surface area contributed by atoms with Crippen LogP contribution in [0, 0.1) is 0 Å². The van der Waals surface area contributed by atoms with Crippen molar-refractivity contribution in [3.63, 3.8) is 0 Å². The quantitative estimate of drug-likeness (QED) is 0.819. The van der Waals surface area contributed by atoms with E-state index in [1.165, 1.54) is 6.42 Å². The molecule has 1 amide bonds. The number of anilines is 2. The number of nitrogens with zero attached hydrogens (tertiary/aromatic N) is 5.